The second-order valence-electron chi connectivity index (χ2n) is 4.08. The molecule has 2 rings (SSSR count). The van der Waals surface area contributed by atoms with Crippen molar-refractivity contribution in [2.24, 2.45) is 0 Å². The highest BCUT2D eigenvalue weighted by Gasteiger charge is 2.24. The van der Waals surface area contributed by atoms with Crippen LogP contribution in [0.25, 0.3) is 0 Å². The van der Waals surface area contributed by atoms with Crippen LogP contribution < -0.4 is 4.90 Å². The second kappa shape index (κ2) is 4.21. The maximum Gasteiger partial charge on any atom is 0.152 e. The molecule has 15 heavy (non-hydrogen) atoms. The molecule has 1 heterocycles. The molecule has 1 aliphatic rings. The molecule has 2 atom stereocenters. The molecule has 1 aliphatic heterocycles. The summed E-state index contributed by atoms with van der Waals surface area (Å²) >= 11 is 0. The van der Waals surface area contributed by atoms with Crippen molar-refractivity contribution in [3.05, 3.63) is 29.8 Å². The Morgan fingerprint density at radius 1 is 1.27 bits per heavy atom. The highest BCUT2D eigenvalue weighted by molar-refractivity contribution is 5.55. The van der Waals surface area contributed by atoms with Gasteiger partial charge in [0, 0.05) is 12.2 Å². The summed E-state index contributed by atoms with van der Waals surface area (Å²) < 4.78 is 0. The van der Waals surface area contributed by atoms with Crippen LogP contribution in [-0.2, 0) is 6.42 Å². The number of aryl methyl sites for hydroxylation is 1. The van der Waals surface area contributed by atoms with E-state index in [0.29, 0.717) is 0 Å². The number of aliphatic hydroxyl groups excluding tert-OH is 2. The predicted octanol–water partition coefficient (Wildman–Crippen LogP) is 1.14. The molecule has 0 saturated carbocycles. The third-order valence-corrected chi connectivity index (χ3v) is 2.90. The van der Waals surface area contributed by atoms with Gasteiger partial charge in [0.05, 0.1) is 6.10 Å². The normalized spacial score (nSPS) is 19.5. The lowest BCUT2D eigenvalue weighted by Gasteiger charge is -2.36. The lowest BCUT2D eigenvalue weighted by molar-refractivity contribution is 0.0284. The second-order valence-corrected chi connectivity index (χ2v) is 4.08. The van der Waals surface area contributed by atoms with Gasteiger partial charge in [-0.3, -0.25) is 0 Å². The number of benzene rings is 1. The largest absolute Gasteiger partial charge is 0.389 e. The van der Waals surface area contributed by atoms with Gasteiger partial charge in [0.25, 0.3) is 0 Å². The van der Waals surface area contributed by atoms with Gasteiger partial charge in [-0.05, 0) is 31.4 Å². The van der Waals surface area contributed by atoms with E-state index >= 15 is 0 Å². The summed E-state index contributed by atoms with van der Waals surface area (Å²) in [6, 6.07) is 8.05. The summed E-state index contributed by atoms with van der Waals surface area (Å²) in [5, 5.41) is 19.3. The van der Waals surface area contributed by atoms with Crippen LogP contribution >= 0.6 is 0 Å². The number of aliphatic hydroxyl groups is 2. The minimum Gasteiger partial charge on any atom is -0.389 e. The van der Waals surface area contributed by atoms with Crippen molar-refractivity contribution in [1.29, 1.82) is 0 Å². The zero-order valence-electron chi connectivity index (χ0n) is 8.93. The Bertz CT molecular complexity index is 338. The predicted molar refractivity (Wildman–Crippen MR) is 59.8 cm³/mol. The number of nitrogens with zero attached hydrogens (tertiary/aromatic N) is 1. The lowest BCUT2D eigenvalue weighted by Crippen LogP contribution is -2.45. The van der Waals surface area contributed by atoms with Crippen LogP contribution in [0.1, 0.15) is 18.9 Å². The van der Waals surface area contributed by atoms with Gasteiger partial charge in [-0.15, -0.1) is 0 Å². The number of anilines is 1. The fourth-order valence-corrected chi connectivity index (χ4v) is 2.10. The van der Waals surface area contributed by atoms with E-state index in [1.807, 2.05) is 23.1 Å². The van der Waals surface area contributed by atoms with Crippen LogP contribution in [0.5, 0.6) is 0 Å². The van der Waals surface area contributed by atoms with Crippen molar-refractivity contribution < 1.29 is 10.2 Å². The number of para-hydroxylation sites is 1. The first-order valence-electron chi connectivity index (χ1n) is 5.41. The van der Waals surface area contributed by atoms with Crippen molar-refractivity contribution in [1.82, 2.24) is 0 Å². The molecule has 0 spiro atoms. The Balaban J connectivity index is 2.29. The Kier molecular flexibility index (Phi) is 2.93. The number of fused-ring (bicyclic) bond motifs is 1. The van der Waals surface area contributed by atoms with Gasteiger partial charge in [0.1, 0.15) is 0 Å². The molecule has 0 amide bonds. The molecule has 0 aliphatic carbocycles. The molecule has 82 valence electrons. The molecule has 0 saturated heterocycles. The first-order valence-corrected chi connectivity index (χ1v) is 5.41. The molecule has 3 heteroatoms. The minimum atomic E-state index is -0.800. The summed E-state index contributed by atoms with van der Waals surface area (Å²) in [5.74, 6) is 0. The average molecular weight is 207 g/mol. The molecule has 0 radical (unpaired) electrons. The van der Waals surface area contributed by atoms with Crippen molar-refractivity contribution in [2.45, 2.75) is 32.1 Å². The van der Waals surface area contributed by atoms with Crippen molar-refractivity contribution in [2.75, 3.05) is 11.4 Å². The quantitative estimate of drug-likeness (QED) is 0.764. The Morgan fingerprint density at radius 2 is 2.00 bits per heavy atom. The van der Waals surface area contributed by atoms with Crippen molar-refractivity contribution >= 4 is 5.69 Å². The third kappa shape index (κ3) is 1.98. The highest BCUT2D eigenvalue weighted by Crippen LogP contribution is 2.28. The standard InChI is InChI=1S/C12H17NO2/c1-9(14)12(15)13-8-4-6-10-5-2-3-7-11(10)13/h2-3,5,7,9,12,14-15H,4,6,8H2,1H3. The van der Waals surface area contributed by atoms with E-state index in [1.165, 1.54) is 5.56 Å². The SMILES string of the molecule is CC(O)C(O)N1CCCc2ccccc21. The van der Waals surface area contributed by atoms with Gasteiger partial charge >= 0.3 is 0 Å². The van der Waals surface area contributed by atoms with Gasteiger partial charge < -0.3 is 15.1 Å². The van der Waals surface area contributed by atoms with Gasteiger partial charge in [0.2, 0.25) is 0 Å². The van der Waals surface area contributed by atoms with Crippen LogP contribution in [0.2, 0.25) is 0 Å². The van der Waals surface area contributed by atoms with Crippen LogP contribution in [-0.4, -0.2) is 29.1 Å². The van der Waals surface area contributed by atoms with Crippen LogP contribution in [0.15, 0.2) is 24.3 Å². The maximum atomic E-state index is 9.87. The fraction of sp³-hybridized carbons (Fsp3) is 0.500. The molecule has 0 bridgehead atoms. The summed E-state index contributed by atoms with van der Waals surface area (Å²) in [7, 11) is 0. The van der Waals surface area contributed by atoms with Crippen molar-refractivity contribution in [3.8, 4) is 0 Å². The van der Waals surface area contributed by atoms with Crippen LogP contribution in [0.3, 0.4) is 0 Å². The summed E-state index contributed by atoms with van der Waals surface area (Å²) in [6.07, 6.45) is 0.558. The lowest BCUT2D eigenvalue weighted by atomic mass is 10.0. The molecular formula is C12H17NO2. The monoisotopic (exact) mass is 207 g/mol. The smallest absolute Gasteiger partial charge is 0.152 e. The Morgan fingerprint density at radius 3 is 2.73 bits per heavy atom. The van der Waals surface area contributed by atoms with E-state index in [-0.39, 0.29) is 0 Å². The first-order chi connectivity index (χ1) is 7.20. The topological polar surface area (TPSA) is 43.7 Å². The molecular weight excluding hydrogens is 190 g/mol. The van der Waals surface area contributed by atoms with Crippen LogP contribution in [0, 0.1) is 0 Å². The van der Waals surface area contributed by atoms with Gasteiger partial charge in [-0.1, -0.05) is 18.2 Å². The molecule has 2 unspecified atom stereocenters. The number of rotatable bonds is 2. The van der Waals surface area contributed by atoms with E-state index in [2.05, 4.69) is 6.07 Å². The van der Waals surface area contributed by atoms with E-state index < -0.39 is 12.3 Å². The van der Waals surface area contributed by atoms with E-state index in [4.69, 9.17) is 0 Å². The Hall–Kier alpha value is -1.06. The van der Waals surface area contributed by atoms with Crippen LogP contribution in [0.4, 0.5) is 5.69 Å². The molecule has 0 aromatic heterocycles. The maximum absolute atomic E-state index is 9.87. The van der Waals surface area contributed by atoms with Gasteiger partial charge in [0.15, 0.2) is 6.23 Å². The molecule has 1 aromatic carbocycles. The van der Waals surface area contributed by atoms with Gasteiger partial charge in [-0.2, -0.15) is 0 Å². The molecule has 2 N–H and O–H groups in total. The first kappa shape index (κ1) is 10.5. The molecule has 3 nitrogen and oxygen atoms in total. The zero-order chi connectivity index (χ0) is 10.8. The van der Waals surface area contributed by atoms with E-state index in [0.717, 1.165) is 25.1 Å². The fourth-order valence-electron chi connectivity index (χ4n) is 2.10. The number of hydrogen-bond donors (Lipinski definition) is 2. The highest BCUT2D eigenvalue weighted by atomic mass is 16.3. The van der Waals surface area contributed by atoms with E-state index in [9.17, 15) is 10.2 Å². The summed E-state index contributed by atoms with van der Waals surface area (Å²) in [6.45, 7) is 2.42. The third-order valence-electron chi connectivity index (χ3n) is 2.90. The van der Waals surface area contributed by atoms with Crippen molar-refractivity contribution in [3.63, 3.8) is 0 Å². The van der Waals surface area contributed by atoms with Gasteiger partial charge in [-0.25, -0.2) is 0 Å². The molecule has 0 fully saturated rings. The summed E-state index contributed by atoms with van der Waals surface area (Å²) in [4.78, 5) is 1.88. The minimum absolute atomic E-state index is 0.726. The van der Waals surface area contributed by atoms with E-state index in [1.54, 1.807) is 6.92 Å². The zero-order valence-corrected chi connectivity index (χ0v) is 8.93. The Labute approximate surface area is 90.0 Å². The number of hydrogen-bond acceptors (Lipinski definition) is 3. The molecule has 1 aromatic rings. The average Bonchev–Trinajstić information content (AvgIpc) is 2.27. The summed E-state index contributed by atoms with van der Waals surface area (Å²) in [5.41, 5.74) is 2.31.